The maximum Gasteiger partial charge on any atom is 0.337 e. The van der Waals surface area contributed by atoms with E-state index in [-0.39, 0.29) is 21.8 Å². The van der Waals surface area contributed by atoms with Crippen LogP contribution in [0.5, 0.6) is 0 Å². The van der Waals surface area contributed by atoms with Crippen LogP contribution < -0.4 is 5.32 Å². The van der Waals surface area contributed by atoms with E-state index in [2.05, 4.69) is 10.3 Å². The van der Waals surface area contributed by atoms with E-state index >= 15 is 0 Å². The van der Waals surface area contributed by atoms with Crippen molar-refractivity contribution in [2.45, 2.75) is 0 Å². The molecule has 0 radical (unpaired) electrons. The predicted molar refractivity (Wildman–Crippen MR) is 70.6 cm³/mol. The summed E-state index contributed by atoms with van der Waals surface area (Å²) in [6.07, 6.45) is 2.44. The molecule has 0 fully saturated rings. The standard InChI is InChI=1S/C13H8ClFN2O3/c14-10-2-1-7(4-11(10)15)12(18)17-9-3-8(13(19)20)5-16-6-9/h1-6H,(H,17,18)(H,19,20). The number of carboxylic acids is 1. The number of nitrogens with one attached hydrogen (secondary N) is 1. The molecular formula is C13H8ClFN2O3. The summed E-state index contributed by atoms with van der Waals surface area (Å²) in [5, 5.41) is 11.1. The average molecular weight is 295 g/mol. The molecular weight excluding hydrogens is 287 g/mol. The number of aromatic nitrogens is 1. The van der Waals surface area contributed by atoms with Crippen molar-refractivity contribution in [3.05, 3.63) is 58.6 Å². The van der Waals surface area contributed by atoms with Gasteiger partial charge >= 0.3 is 5.97 Å². The van der Waals surface area contributed by atoms with Gasteiger partial charge < -0.3 is 10.4 Å². The Bertz CT molecular complexity index is 691. The predicted octanol–water partition coefficient (Wildman–Crippen LogP) is 2.82. The second-order valence-corrected chi connectivity index (χ2v) is 4.26. The molecule has 0 spiro atoms. The van der Waals surface area contributed by atoms with E-state index in [1.54, 1.807) is 0 Å². The molecule has 0 aliphatic carbocycles. The van der Waals surface area contributed by atoms with Gasteiger partial charge in [0.15, 0.2) is 0 Å². The first-order valence-electron chi connectivity index (χ1n) is 5.42. The molecule has 0 aliphatic rings. The Morgan fingerprint density at radius 3 is 2.60 bits per heavy atom. The Balaban J connectivity index is 2.21. The number of aromatic carboxylic acids is 1. The minimum atomic E-state index is -1.16. The highest BCUT2D eigenvalue weighted by Gasteiger charge is 2.11. The van der Waals surface area contributed by atoms with E-state index in [0.29, 0.717) is 0 Å². The summed E-state index contributed by atoms with van der Waals surface area (Å²) in [5.41, 5.74) is 0.197. The second-order valence-electron chi connectivity index (χ2n) is 3.85. The molecule has 0 aliphatic heterocycles. The summed E-state index contributed by atoms with van der Waals surface area (Å²) >= 11 is 5.52. The maximum atomic E-state index is 13.2. The van der Waals surface area contributed by atoms with E-state index in [1.807, 2.05) is 0 Å². The van der Waals surface area contributed by atoms with Crippen molar-refractivity contribution in [1.29, 1.82) is 0 Å². The van der Waals surface area contributed by atoms with Crippen LogP contribution in [0, 0.1) is 5.82 Å². The Hall–Kier alpha value is -2.47. The number of carbonyl (C=O) groups is 2. The minimum Gasteiger partial charge on any atom is -0.478 e. The highest BCUT2D eigenvalue weighted by molar-refractivity contribution is 6.30. The third-order valence-electron chi connectivity index (χ3n) is 2.42. The number of hydrogen-bond acceptors (Lipinski definition) is 3. The molecule has 102 valence electrons. The zero-order valence-electron chi connectivity index (χ0n) is 9.93. The summed E-state index contributed by atoms with van der Waals surface area (Å²) in [4.78, 5) is 26.3. The van der Waals surface area contributed by atoms with Crippen LogP contribution >= 0.6 is 11.6 Å². The number of anilines is 1. The Morgan fingerprint density at radius 1 is 1.20 bits per heavy atom. The Labute approximate surface area is 118 Å². The van der Waals surface area contributed by atoms with E-state index in [4.69, 9.17) is 16.7 Å². The van der Waals surface area contributed by atoms with Gasteiger partial charge in [0.1, 0.15) is 5.82 Å². The lowest BCUT2D eigenvalue weighted by molar-refractivity contribution is 0.0696. The van der Waals surface area contributed by atoms with Crippen molar-refractivity contribution in [3.8, 4) is 0 Å². The number of carboxylic acid groups (broad SMARTS) is 1. The largest absolute Gasteiger partial charge is 0.478 e. The number of rotatable bonds is 3. The van der Waals surface area contributed by atoms with Gasteiger partial charge in [-0.05, 0) is 24.3 Å². The summed E-state index contributed by atoms with van der Waals surface area (Å²) in [6, 6.07) is 4.86. The zero-order valence-corrected chi connectivity index (χ0v) is 10.7. The van der Waals surface area contributed by atoms with E-state index in [0.717, 1.165) is 12.3 Å². The number of halogens is 2. The average Bonchev–Trinajstić information content (AvgIpc) is 2.42. The van der Waals surface area contributed by atoms with Gasteiger partial charge in [0.2, 0.25) is 0 Å². The highest BCUT2D eigenvalue weighted by Crippen LogP contribution is 2.17. The van der Waals surface area contributed by atoms with Crippen molar-refractivity contribution in [1.82, 2.24) is 4.98 Å². The molecule has 0 saturated carbocycles. The molecule has 2 N–H and O–H groups in total. The summed E-state index contributed by atoms with van der Waals surface area (Å²) < 4.78 is 13.2. The lowest BCUT2D eigenvalue weighted by Crippen LogP contribution is -2.13. The van der Waals surface area contributed by atoms with Crippen LogP contribution in [0.4, 0.5) is 10.1 Å². The molecule has 0 bridgehead atoms. The van der Waals surface area contributed by atoms with Crippen molar-refractivity contribution in [3.63, 3.8) is 0 Å². The topological polar surface area (TPSA) is 79.3 Å². The van der Waals surface area contributed by atoms with Gasteiger partial charge in [0.25, 0.3) is 5.91 Å². The first kappa shape index (κ1) is 14.0. The monoisotopic (exact) mass is 294 g/mol. The first-order valence-corrected chi connectivity index (χ1v) is 5.80. The molecule has 1 aromatic heterocycles. The zero-order chi connectivity index (χ0) is 14.7. The molecule has 2 rings (SSSR count). The van der Waals surface area contributed by atoms with Gasteiger partial charge in [-0.2, -0.15) is 0 Å². The number of pyridine rings is 1. The fourth-order valence-electron chi connectivity index (χ4n) is 1.47. The van der Waals surface area contributed by atoms with Crippen LogP contribution in [0.1, 0.15) is 20.7 Å². The summed E-state index contributed by atoms with van der Waals surface area (Å²) in [7, 11) is 0. The van der Waals surface area contributed by atoms with Gasteiger partial charge in [0, 0.05) is 11.8 Å². The normalized spacial score (nSPS) is 10.1. The minimum absolute atomic E-state index is 0.0626. The van der Waals surface area contributed by atoms with Crippen molar-refractivity contribution in [2.75, 3.05) is 5.32 Å². The van der Waals surface area contributed by atoms with E-state index < -0.39 is 17.7 Å². The van der Waals surface area contributed by atoms with Crippen LogP contribution in [0.3, 0.4) is 0 Å². The molecule has 2 aromatic rings. The second kappa shape index (κ2) is 5.66. The number of carbonyl (C=O) groups excluding carboxylic acids is 1. The van der Waals surface area contributed by atoms with Crippen LogP contribution in [0.2, 0.25) is 5.02 Å². The molecule has 0 atom stereocenters. The number of hydrogen-bond donors (Lipinski definition) is 2. The van der Waals surface area contributed by atoms with Crippen molar-refractivity contribution < 1.29 is 19.1 Å². The van der Waals surface area contributed by atoms with Crippen LogP contribution in [0.25, 0.3) is 0 Å². The van der Waals surface area contributed by atoms with Gasteiger partial charge in [-0.15, -0.1) is 0 Å². The third-order valence-corrected chi connectivity index (χ3v) is 2.73. The lowest BCUT2D eigenvalue weighted by Gasteiger charge is -2.06. The number of benzene rings is 1. The van der Waals surface area contributed by atoms with Gasteiger partial charge in [-0.25, -0.2) is 9.18 Å². The Morgan fingerprint density at radius 2 is 1.95 bits per heavy atom. The number of amides is 1. The van der Waals surface area contributed by atoms with Gasteiger partial charge in [-0.3, -0.25) is 9.78 Å². The maximum absolute atomic E-state index is 13.2. The van der Waals surface area contributed by atoms with E-state index in [9.17, 15) is 14.0 Å². The molecule has 1 aromatic carbocycles. The number of nitrogens with zero attached hydrogens (tertiary/aromatic N) is 1. The molecule has 20 heavy (non-hydrogen) atoms. The van der Waals surface area contributed by atoms with Gasteiger partial charge in [0.05, 0.1) is 22.5 Å². The fourth-order valence-corrected chi connectivity index (χ4v) is 1.58. The Kier molecular flexibility index (Phi) is 3.95. The SMILES string of the molecule is O=C(O)c1cncc(NC(=O)c2ccc(Cl)c(F)c2)c1. The smallest absolute Gasteiger partial charge is 0.337 e. The molecule has 5 nitrogen and oxygen atoms in total. The van der Waals surface area contributed by atoms with Crippen LogP contribution in [0.15, 0.2) is 36.7 Å². The summed E-state index contributed by atoms with van der Waals surface area (Å²) in [6.45, 7) is 0. The highest BCUT2D eigenvalue weighted by atomic mass is 35.5. The van der Waals surface area contributed by atoms with Gasteiger partial charge in [-0.1, -0.05) is 11.6 Å². The van der Waals surface area contributed by atoms with Crippen LogP contribution in [-0.2, 0) is 0 Å². The molecule has 1 amide bonds. The molecule has 0 saturated heterocycles. The first-order chi connectivity index (χ1) is 9.47. The molecule has 1 heterocycles. The van der Waals surface area contributed by atoms with Crippen LogP contribution in [-0.4, -0.2) is 22.0 Å². The fraction of sp³-hybridized carbons (Fsp3) is 0. The lowest BCUT2D eigenvalue weighted by atomic mass is 10.2. The summed E-state index contributed by atoms with van der Waals surface area (Å²) in [5.74, 6) is -2.47. The third kappa shape index (κ3) is 3.10. The van der Waals surface area contributed by atoms with Crippen molar-refractivity contribution in [2.24, 2.45) is 0 Å². The van der Waals surface area contributed by atoms with E-state index in [1.165, 1.54) is 24.4 Å². The van der Waals surface area contributed by atoms with Crippen molar-refractivity contribution >= 4 is 29.2 Å². The molecule has 0 unspecified atom stereocenters. The molecule has 7 heteroatoms. The quantitative estimate of drug-likeness (QED) is 0.912.